The van der Waals surface area contributed by atoms with Crippen LogP contribution in [0.4, 0.5) is 0 Å². The van der Waals surface area contributed by atoms with E-state index in [-0.39, 0.29) is 12.4 Å². The Kier molecular flexibility index (Phi) is 6.62. The Balaban J connectivity index is 1.75. The predicted octanol–water partition coefficient (Wildman–Crippen LogP) is 4.44. The van der Waals surface area contributed by atoms with Crippen LogP contribution in [-0.2, 0) is 14.3 Å². The number of halogens is 1. The molecule has 36 heavy (non-hydrogen) atoms. The lowest BCUT2D eigenvalue weighted by Crippen LogP contribution is -2.13. The molecule has 0 saturated carbocycles. The quantitative estimate of drug-likeness (QED) is 0.364. The molecule has 186 valence electrons. The van der Waals surface area contributed by atoms with Crippen LogP contribution >= 0.6 is 11.6 Å². The molecule has 0 amide bonds. The summed E-state index contributed by atoms with van der Waals surface area (Å²) in [5, 5.41) is 15.1. The van der Waals surface area contributed by atoms with Crippen molar-refractivity contribution in [3.63, 3.8) is 0 Å². The molecular weight excluding hydrogens is 486 g/mol. The Morgan fingerprint density at radius 3 is 2.69 bits per heavy atom. The molecule has 4 aromatic rings. The Morgan fingerprint density at radius 1 is 1.11 bits per heavy atom. The van der Waals surface area contributed by atoms with Gasteiger partial charge in [-0.3, -0.25) is 4.79 Å². The van der Waals surface area contributed by atoms with Crippen LogP contribution in [-0.4, -0.2) is 52.5 Å². The smallest absolute Gasteiger partial charge is 0.305 e. The molecule has 1 N–H and O–H groups in total. The Bertz CT molecular complexity index is 1390. The van der Waals surface area contributed by atoms with E-state index < -0.39 is 12.2 Å². The van der Waals surface area contributed by atoms with Gasteiger partial charge in [-0.2, -0.15) is 5.21 Å². The Hall–Kier alpha value is -3.89. The highest BCUT2D eigenvalue weighted by Gasteiger charge is 2.35. The molecule has 0 radical (unpaired) electrons. The minimum absolute atomic E-state index is 0.170. The van der Waals surface area contributed by atoms with Crippen molar-refractivity contribution in [2.45, 2.75) is 25.0 Å². The van der Waals surface area contributed by atoms with Crippen molar-refractivity contribution in [2.24, 2.45) is 0 Å². The number of rotatable bonds is 7. The lowest BCUT2D eigenvalue weighted by Gasteiger charge is -2.25. The third-order valence-electron chi connectivity index (χ3n) is 6.18. The summed E-state index contributed by atoms with van der Waals surface area (Å²) in [6, 6.07) is 15.1. The lowest BCUT2D eigenvalue weighted by molar-refractivity contribution is -0.141. The van der Waals surface area contributed by atoms with Crippen molar-refractivity contribution in [1.29, 1.82) is 0 Å². The molecule has 3 heterocycles. The minimum atomic E-state index is -0.593. The topological polar surface area (TPSA) is 113 Å². The maximum Gasteiger partial charge on any atom is 0.305 e. The third-order valence-corrected chi connectivity index (χ3v) is 6.42. The number of aromatic amines is 1. The molecule has 5 rings (SSSR count). The van der Waals surface area contributed by atoms with Gasteiger partial charge in [0.05, 0.1) is 44.5 Å². The zero-order chi connectivity index (χ0) is 25.2. The number of ether oxygens (including phenoxy) is 4. The van der Waals surface area contributed by atoms with E-state index >= 15 is 0 Å². The van der Waals surface area contributed by atoms with E-state index in [1.165, 1.54) is 7.11 Å². The number of aromatic nitrogens is 5. The minimum Gasteiger partial charge on any atom is -0.493 e. The van der Waals surface area contributed by atoms with E-state index in [1.807, 2.05) is 53.1 Å². The van der Waals surface area contributed by atoms with Crippen molar-refractivity contribution in [2.75, 3.05) is 21.3 Å². The monoisotopic (exact) mass is 509 g/mol. The molecule has 2 atom stereocenters. The molecule has 2 aromatic carbocycles. The number of esters is 1. The molecule has 0 unspecified atom stereocenters. The summed E-state index contributed by atoms with van der Waals surface area (Å²) in [5.41, 5.74) is 3.93. The zero-order valence-corrected chi connectivity index (χ0v) is 20.7. The molecule has 0 fully saturated rings. The molecule has 0 bridgehead atoms. The SMILES string of the molecule is COC(=O)CC[C@H]1O[C@H](c2cccc(OC)c2OC)c2cc(Cl)ccc2-n2c(-c3nn[nH]n3)ccc21. The van der Waals surface area contributed by atoms with Gasteiger partial charge in [0.25, 0.3) is 0 Å². The second-order valence-electron chi connectivity index (χ2n) is 8.12. The average Bonchev–Trinajstić information content (AvgIpc) is 3.56. The first kappa shape index (κ1) is 23.8. The number of para-hydroxylation sites is 1. The molecular formula is C25H24ClN5O5. The van der Waals surface area contributed by atoms with E-state index in [1.54, 1.807) is 14.2 Å². The van der Waals surface area contributed by atoms with Crippen molar-refractivity contribution in [3.05, 3.63) is 70.4 Å². The van der Waals surface area contributed by atoms with Crippen molar-refractivity contribution in [1.82, 2.24) is 25.2 Å². The highest BCUT2D eigenvalue weighted by atomic mass is 35.5. The number of fused-ring (bicyclic) bond motifs is 3. The van der Waals surface area contributed by atoms with Gasteiger partial charge in [0, 0.05) is 22.6 Å². The number of H-pyrrole nitrogens is 1. The summed E-state index contributed by atoms with van der Waals surface area (Å²) in [4.78, 5) is 12.1. The first-order valence-electron chi connectivity index (χ1n) is 11.2. The van der Waals surface area contributed by atoms with Gasteiger partial charge in [0.1, 0.15) is 6.10 Å². The Morgan fingerprint density at radius 2 is 1.97 bits per heavy atom. The van der Waals surface area contributed by atoms with E-state index in [4.69, 9.17) is 30.5 Å². The van der Waals surface area contributed by atoms with Gasteiger partial charge in [-0.25, -0.2) is 0 Å². The fourth-order valence-corrected chi connectivity index (χ4v) is 4.77. The second-order valence-corrected chi connectivity index (χ2v) is 8.56. The van der Waals surface area contributed by atoms with E-state index in [9.17, 15) is 4.79 Å². The molecule has 11 heteroatoms. The molecule has 0 aliphatic carbocycles. The predicted molar refractivity (Wildman–Crippen MR) is 130 cm³/mol. The number of carbonyl (C=O) groups excluding carboxylic acids is 1. The summed E-state index contributed by atoms with van der Waals surface area (Å²) >= 11 is 6.49. The van der Waals surface area contributed by atoms with Crippen molar-refractivity contribution >= 4 is 17.6 Å². The van der Waals surface area contributed by atoms with Crippen LogP contribution in [0.15, 0.2) is 48.5 Å². The first-order chi connectivity index (χ1) is 17.5. The van der Waals surface area contributed by atoms with Gasteiger partial charge in [-0.15, -0.1) is 10.2 Å². The molecule has 2 aromatic heterocycles. The molecule has 1 aliphatic rings. The van der Waals surface area contributed by atoms with E-state index in [0.29, 0.717) is 34.5 Å². The summed E-state index contributed by atoms with van der Waals surface area (Å²) in [5.74, 6) is 1.22. The van der Waals surface area contributed by atoms with Gasteiger partial charge in [-0.1, -0.05) is 23.7 Å². The maximum absolute atomic E-state index is 12.1. The van der Waals surface area contributed by atoms with Crippen LogP contribution < -0.4 is 9.47 Å². The molecule has 10 nitrogen and oxygen atoms in total. The summed E-state index contributed by atoms with van der Waals surface area (Å²) < 4.78 is 25.0. The van der Waals surface area contributed by atoms with Crippen molar-refractivity contribution in [3.8, 4) is 28.7 Å². The zero-order valence-electron chi connectivity index (χ0n) is 19.9. The molecule has 0 saturated heterocycles. The number of hydrogen-bond acceptors (Lipinski definition) is 8. The second kappa shape index (κ2) is 10.00. The van der Waals surface area contributed by atoms with Gasteiger partial charge >= 0.3 is 5.97 Å². The van der Waals surface area contributed by atoms with Crippen LogP contribution in [0.1, 0.15) is 41.9 Å². The number of benzene rings is 2. The van der Waals surface area contributed by atoms with Crippen LogP contribution in [0, 0.1) is 0 Å². The number of nitrogens with one attached hydrogen (secondary N) is 1. The highest BCUT2D eigenvalue weighted by molar-refractivity contribution is 6.30. The molecule has 0 spiro atoms. The van der Waals surface area contributed by atoms with E-state index in [2.05, 4.69) is 20.6 Å². The summed E-state index contributed by atoms with van der Waals surface area (Å²) in [6.07, 6.45) is -0.531. The van der Waals surface area contributed by atoms with Gasteiger partial charge in [-0.05, 0) is 48.0 Å². The fraction of sp³-hybridized carbons (Fsp3) is 0.280. The van der Waals surface area contributed by atoms with Crippen molar-refractivity contribution < 1.29 is 23.7 Å². The third kappa shape index (κ3) is 4.18. The van der Waals surface area contributed by atoms with E-state index in [0.717, 1.165) is 22.5 Å². The van der Waals surface area contributed by atoms with Gasteiger partial charge < -0.3 is 23.5 Å². The largest absolute Gasteiger partial charge is 0.493 e. The highest BCUT2D eigenvalue weighted by Crippen LogP contribution is 2.47. The number of carbonyl (C=O) groups is 1. The van der Waals surface area contributed by atoms with Crippen LogP contribution in [0.5, 0.6) is 11.5 Å². The number of hydrogen-bond donors (Lipinski definition) is 1. The van der Waals surface area contributed by atoms with Crippen LogP contribution in [0.3, 0.4) is 0 Å². The standard InChI is InChI=1S/C25H24ClN5O5/c1-33-21-6-4-5-15(24(21)35-3)23-16-13-14(26)7-8-17(16)31-18(20(36-23)11-12-22(32)34-2)9-10-19(31)25-27-29-30-28-25/h4-10,13,20,23H,11-12H2,1-3H3,(H,27,28,29,30)/t20-,23-/m1/s1. The van der Waals surface area contributed by atoms with Gasteiger partial charge in [0.2, 0.25) is 5.82 Å². The fourth-order valence-electron chi connectivity index (χ4n) is 4.59. The first-order valence-corrected chi connectivity index (χ1v) is 11.6. The number of tetrazole rings is 1. The van der Waals surface area contributed by atoms with Gasteiger partial charge in [0.15, 0.2) is 11.5 Å². The average molecular weight is 510 g/mol. The maximum atomic E-state index is 12.1. The number of methoxy groups -OCH3 is 3. The normalized spacial score (nSPS) is 16.6. The molecule has 1 aliphatic heterocycles. The summed E-state index contributed by atoms with van der Waals surface area (Å²) in [7, 11) is 4.54. The Labute approximate surface area is 212 Å². The van der Waals surface area contributed by atoms with Crippen LogP contribution in [0.2, 0.25) is 5.02 Å². The van der Waals surface area contributed by atoms with Crippen LogP contribution in [0.25, 0.3) is 17.2 Å². The lowest BCUT2D eigenvalue weighted by atomic mass is 9.98. The number of nitrogens with zero attached hydrogens (tertiary/aromatic N) is 4. The summed E-state index contributed by atoms with van der Waals surface area (Å²) in [6.45, 7) is 0.